The van der Waals surface area contributed by atoms with E-state index in [4.69, 9.17) is 0 Å². The minimum absolute atomic E-state index is 0.463. The summed E-state index contributed by atoms with van der Waals surface area (Å²) in [6, 6.07) is 8.04. The van der Waals surface area contributed by atoms with E-state index in [1.807, 2.05) is 31.2 Å². The van der Waals surface area contributed by atoms with E-state index in [-0.39, 0.29) is 0 Å². The van der Waals surface area contributed by atoms with Crippen LogP contribution in [0.4, 0.5) is 11.4 Å². The van der Waals surface area contributed by atoms with E-state index in [2.05, 4.69) is 24.1 Å². The third-order valence-corrected chi connectivity index (χ3v) is 3.57. The fraction of sp³-hybridized carbons (Fsp3) is 0.294. The van der Waals surface area contributed by atoms with Crippen molar-refractivity contribution in [2.24, 2.45) is 0 Å². The summed E-state index contributed by atoms with van der Waals surface area (Å²) in [7, 11) is 0. The van der Waals surface area contributed by atoms with Crippen LogP contribution in [0, 0.1) is 0 Å². The standard InChI is InChI=1S/C17H20N2O2/c1-4-19(5-2)14-8-6-13(7-9-14)18-15-11-17(21)16(20)10-12(15)3/h6-11,18H,4-5H2,1-3H3. The van der Waals surface area contributed by atoms with Gasteiger partial charge in [-0.15, -0.1) is 0 Å². The van der Waals surface area contributed by atoms with Gasteiger partial charge in [-0.25, -0.2) is 0 Å². The third kappa shape index (κ3) is 3.40. The molecule has 0 aliphatic heterocycles. The number of carbonyl (C=O) groups is 2. The monoisotopic (exact) mass is 284 g/mol. The zero-order valence-corrected chi connectivity index (χ0v) is 12.6. The molecule has 1 aromatic rings. The van der Waals surface area contributed by atoms with Crippen molar-refractivity contribution < 1.29 is 9.59 Å². The maximum atomic E-state index is 11.4. The molecule has 0 amide bonds. The van der Waals surface area contributed by atoms with E-state index in [0.717, 1.165) is 24.4 Å². The van der Waals surface area contributed by atoms with Crippen LogP contribution in [0.2, 0.25) is 0 Å². The van der Waals surface area contributed by atoms with Crippen molar-refractivity contribution in [2.75, 3.05) is 23.3 Å². The Kier molecular flexibility index (Phi) is 4.58. The molecule has 21 heavy (non-hydrogen) atoms. The molecule has 0 unspecified atom stereocenters. The molecule has 0 bridgehead atoms. The lowest BCUT2D eigenvalue weighted by Crippen LogP contribution is -2.21. The van der Waals surface area contributed by atoms with Crippen LogP contribution in [0.5, 0.6) is 0 Å². The fourth-order valence-electron chi connectivity index (χ4n) is 2.30. The summed E-state index contributed by atoms with van der Waals surface area (Å²) in [5.41, 5.74) is 3.51. The second kappa shape index (κ2) is 6.39. The summed E-state index contributed by atoms with van der Waals surface area (Å²) in [6.45, 7) is 7.99. The van der Waals surface area contributed by atoms with Gasteiger partial charge in [-0.05, 0) is 56.7 Å². The van der Waals surface area contributed by atoms with Gasteiger partial charge in [0.25, 0.3) is 0 Å². The molecule has 1 aliphatic carbocycles. The van der Waals surface area contributed by atoms with Crippen LogP contribution in [0.1, 0.15) is 20.8 Å². The average Bonchev–Trinajstić information content (AvgIpc) is 2.48. The number of rotatable bonds is 5. The van der Waals surface area contributed by atoms with Gasteiger partial charge in [-0.3, -0.25) is 9.59 Å². The molecule has 0 atom stereocenters. The summed E-state index contributed by atoms with van der Waals surface area (Å²) >= 11 is 0. The van der Waals surface area contributed by atoms with Gasteiger partial charge in [0.1, 0.15) is 0 Å². The van der Waals surface area contributed by atoms with E-state index in [1.165, 1.54) is 17.8 Å². The predicted octanol–water partition coefficient (Wildman–Crippen LogP) is 2.93. The molecular weight excluding hydrogens is 264 g/mol. The highest BCUT2D eigenvalue weighted by molar-refractivity contribution is 6.46. The van der Waals surface area contributed by atoms with E-state index < -0.39 is 11.6 Å². The van der Waals surface area contributed by atoms with Gasteiger partial charge in [0, 0.05) is 36.2 Å². The lowest BCUT2D eigenvalue weighted by atomic mass is 10.0. The third-order valence-electron chi connectivity index (χ3n) is 3.57. The summed E-state index contributed by atoms with van der Waals surface area (Å²) in [5.74, 6) is -0.946. The second-order valence-corrected chi connectivity index (χ2v) is 4.96. The topological polar surface area (TPSA) is 49.4 Å². The molecule has 2 rings (SSSR count). The van der Waals surface area contributed by atoms with Gasteiger partial charge >= 0.3 is 0 Å². The van der Waals surface area contributed by atoms with Crippen molar-refractivity contribution in [2.45, 2.75) is 20.8 Å². The van der Waals surface area contributed by atoms with Crippen molar-refractivity contribution in [3.63, 3.8) is 0 Å². The molecule has 0 heterocycles. The maximum Gasteiger partial charge on any atom is 0.227 e. The van der Waals surface area contributed by atoms with Crippen LogP contribution in [0.25, 0.3) is 0 Å². The Labute approximate surface area is 125 Å². The second-order valence-electron chi connectivity index (χ2n) is 4.96. The number of carbonyl (C=O) groups excluding carboxylic acids is 2. The normalized spacial score (nSPS) is 14.6. The number of hydrogen-bond acceptors (Lipinski definition) is 4. The molecule has 110 valence electrons. The van der Waals surface area contributed by atoms with Crippen molar-refractivity contribution in [3.8, 4) is 0 Å². The van der Waals surface area contributed by atoms with Crippen LogP contribution in [0.3, 0.4) is 0 Å². The van der Waals surface area contributed by atoms with E-state index in [0.29, 0.717) is 5.70 Å². The zero-order valence-electron chi connectivity index (χ0n) is 12.6. The average molecular weight is 284 g/mol. The Balaban J connectivity index is 2.14. The van der Waals surface area contributed by atoms with Gasteiger partial charge in [-0.2, -0.15) is 0 Å². The highest BCUT2D eigenvalue weighted by Gasteiger charge is 2.17. The Morgan fingerprint density at radius 3 is 2.10 bits per heavy atom. The molecule has 4 heteroatoms. The molecule has 0 spiro atoms. The Morgan fingerprint density at radius 2 is 1.52 bits per heavy atom. The SMILES string of the molecule is CCN(CC)c1ccc(NC2=CC(=O)C(=O)C=C2C)cc1. The van der Waals surface area contributed by atoms with E-state index >= 15 is 0 Å². The van der Waals surface area contributed by atoms with Gasteiger partial charge < -0.3 is 10.2 Å². The smallest absolute Gasteiger partial charge is 0.227 e. The molecule has 0 radical (unpaired) electrons. The highest BCUT2D eigenvalue weighted by Crippen LogP contribution is 2.22. The summed E-state index contributed by atoms with van der Waals surface area (Å²) in [5, 5.41) is 3.19. The van der Waals surface area contributed by atoms with Crippen LogP contribution in [-0.4, -0.2) is 24.7 Å². The minimum Gasteiger partial charge on any atom is -0.372 e. The molecule has 0 saturated carbocycles. The van der Waals surface area contributed by atoms with Crippen molar-refractivity contribution in [1.82, 2.24) is 0 Å². The Morgan fingerprint density at radius 1 is 0.952 bits per heavy atom. The maximum absolute atomic E-state index is 11.4. The number of nitrogens with one attached hydrogen (secondary N) is 1. The van der Waals surface area contributed by atoms with Crippen LogP contribution in [0.15, 0.2) is 47.7 Å². The first-order valence-electron chi connectivity index (χ1n) is 7.15. The van der Waals surface area contributed by atoms with Gasteiger partial charge in [-0.1, -0.05) is 0 Å². The Hall–Kier alpha value is -2.36. The number of ketones is 2. The van der Waals surface area contributed by atoms with Crippen molar-refractivity contribution in [3.05, 3.63) is 47.7 Å². The Bertz CT molecular complexity index is 608. The van der Waals surface area contributed by atoms with Gasteiger partial charge in [0.15, 0.2) is 0 Å². The number of allylic oxidation sites excluding steroid dienone is 3. The number of hydrogen-bond donors (Lipinski definition) is 1. The summed E-state index contributed by atoms with van der Waals surface area (Å²) < 4.78 is 0. The van der Waals surface area contributed by atoms with Crippen molar-refractivity contribution in [1.29, 1.82) is 0 Å². The molecule has 0 fully saturated rings. The number of nitrogens with zero attached hydrogens (tertiary/aromatic N) is 1. The molecule has 0 saturated heterocycles. The number of benzene rings is 1. The quantitative estimate of drug-likeness (QED) is 0.667. The van der Waals surface area contributed by atoms with Crippen LogP contribution >= 0.6 is 0 Å². The molecule has 4 nitrogen and oxygen atoms in total. The summed E-state index contributed by atoms with van der Waals surface area (Å²) in [4.78, 5) is 25.0. The molecular formula is C17H20N2O2. The van der Waals surface area contributed by atoms with E-state index in [1.54, 1.807) is 0 Å². The first-order valence-corrected chi connectivity index (χ1v) is 7.15. The summed E-state index contributed by atoms with van der Waals surface area (Å²) in [6.07, 6.45) is 2.73. The van der Waals surface area contributed by atoms with E-state index in [9.17, 15) is 9.59 Å². The van der Waals surface area contributed by atoms with Crippen molar-refractivity contribution >= 4 is 22.9 Å². The number of anilines is 2. The molecule has 0 aromatic heterocycles. The first kappa shape index (κ1) is 15.0. The fourth-order valence-corrected chi connectivity index (χ4v) is 2.30. The van der Waals surface area contributed by atoms with Gasteiger partial charge in [0.05, 0.1) is 0 Å². The van der Waals surface area contributed by atoms with Crippen LogP contribution in [-0.2, 0) is 9.59 Å². The van der Waals surface area contributed by atoms with Gasteiger partial charge in [0.2, 0.25) is 11.6 Å². The van der Waals surface area contributed by atoms with Crippen LogP contribution < -0.4 is 10.2 Å². The predicted molar refractivity (Wildman–Crippen MR) is 85.5 cm³/mol. The lowest BCUT2D eigenvalue weighted by Gasteiger charge is -2.21. The highest BCUT2D eigenvalue weighted by atomic mass is 16.2. The zero-order chi connectivity index (χ0) is 15.4. The minimum atomic E-state index is -0.483. The first-order chi connectivity index (χ1) is 10.0. The largest absolute Gasteiger partial charge is 0.372 e. The molecule has 1 aromatic carbocycles. The molecule has 1 aliphatic rings. The molecule has 1 N–H and O–H groups in total. The lowest BCUT2D eigenvalue weighted by molar-refractivity contribution is -0.131.